The molecule has 0 radical (unpaired) electrons. The molecule has 0 fully saturated rings. The molecule has 19 heavy (non-hydrogen) atoms. The molecule has 0 aliphatic rings. The van der Waals surface area contributed by atoms with E-state index >= 15 is 0 Å². The Morgan fingerprint density at radius 1 is 1.32 bits per heavy atom. The Hall–Kier alpha value is -0.540. The third kappa shape index (κ3) is 4.50. The maximum Gasteiger partial charge on any atom is 0.119 e. The molecule has 1 aromatic rings. The minimum Gasteiger partial charge on any atom is -0.497 e. The Balaban J connectivity index is 2.95. The highest BCUT2D eigenvalue weighted by atomic mass is 79.9. The monoisotopic (exact) mass is 328 g/mol. The van der Waals surface area contributed by atoms with Gasteiger partial charge in [0.25, 0.3) is 0 Å². The summed E-state index contributed by atoms with van der Waals surface area (Å²) in [6, 6.07) is 6.04. The van der Waals surface area contributed by atoms with Gasteiger partial charge in [-0.3, -0.25) is 0 Å². The van der Waals surface area contributed by atoms with Crippen molar-refractivity contribution in [3.63, 3.8) is 0 Å². The van der Waals surface area contributed by atoms with Crippen LogP contribution < -0.4 is 4.74 Å². The highest BCUT2D eigenvalue weighted by molar-refractivity contribution is 9.10. The van der Waals surface area contributed by atoms with Gasteiger partial charge < -0.3 is 9.84 Å². The van der Waals surface area contributed by atoms with Gasteiger partial charge in [-0.05, 0) is 48.4 Å². The number of hydrogen-bond acceptors (Lipinski definition) is 2. The molecule has 0 aromatic heterocycles. The zero-order valence-corrected chi connectivity index (χ0v) is 13.8. The number of rotatable bonds is 8. The summed E-state index contributed by atoms with van der Waals surface area (Å²) in [6.45, 7) is 4.60. The number of benzene rings is 1. The van der Waals surface area contributed by atoms with E-state index in [9.17, 15) is 5.11 Å². The van der Waals surface area contributed by atoms with Gasteiger partial charge in [0.1, 0.15) is 5.75 Å². The third-order valence-corrected chi connectivity index (χ3v) is 4.74. The van der Waals surface area contributed by atoms with Crippen molar-refractivity contribution in [2.45, 2.75) is 46.0 Å². The van der Waals surface area contributed by atoms with Crippen molar-refractivity contribution in [2.75, 3.05) is 13.7 Å². The molecule has 1 aromatic carbocycles. The molecule has 0 aliphatic carbocycles. The molecule has 3 heteroatoms. The Morgan fingerprint density at radius 2 is 2.05 bits per heavy atom. The van der Waals surface area contributed by atoms with E-state index in [4.69, 9.17) is 4.74 Å². The molecule has 0 saturated heterocycles. The van der Waals surface area contributed by atoms with Crippen molar-refractivity contribution in [1.29, 1.82) is 0 Å². The second-order valence-corrected chi connectivity index (χ2v) is 6.10. The largest absolute Gasteiger partial charge is 0.497 e. The molecule has 0 aliphatic heterocycles. The summed E-state index contributed by atoms with van der Waals surface area (Å²) >= 11 is 3.60. The van der Waals surface area contributed by atoms with E-state index in [2.05, 4.69) is 35.8 Å². The quantitative estimate of drug-likeness (QED) is 0.756. The lowest BCUT2D eigenvalue weighted by Crippen LogP contribution is -2.27. The summed E-state index contributed by atoms with van der Waals surface area (Å²) in [7, 11) is 1.68. The van der Waals surface area contributed by atoms with Crippen LogP contribution >= 0.6 is 15.9 Å². The first-order valence-corrected chi connectivity index (χ1v) is 7.83. The SMILES string of the molecule is CCCCC(CC)(CO)Cc1cc(OC)ccc1Br. The van der Waals surface area contributed by atoms with Crippen molar-refractivity contribution in [3.05, 3.63) is 28.2 Å². The lowest BCUT2D eigenvalue weighted by atomic mass is 9.76. The summed E-state index contributed by atoms with van der Waals surface area (Å²) in [5.74, 6) is 0.872. The van der Waals surface area contributed by atoms with Gasteiger partial charge in [-0.15, -0.1) is 0 Å². The maximum absolute atomic E-state index is 9.84. The number of aliphatic hydroxyl groups excluding tert-OH is 1. The summed E-state index contributed by atoms with van der Waals surface area (Å²) in [4.78, 5) is 0. The molecule has 1 atom stereocenters. The molecule has 1 N–H and O–H groups in total. The van der Waals surface area contributed by atoms with E-state index in [0.717, 1.165) is 35.9 Å². The average molecular weight is 329 g/mol. The van der Waals surface area contributed by atoms with E-state index < -0.39 is 0 Å². The molecule has 1 unspecified atom stereocenters. The molecule has 0 saturated carbocycles. The van der Waals surface area contributed by atoms with Crippen LogP contribution in [0.4, 0.5) is 0 Å². The van der Waals surface area contributed by atoms with Gasteiger partial charge >= 0.3 is 0 Å². The van der Waals surface area contributed by atoms with Gasteiger partial charge in [0, 0.05) is 11.1 Å². The van der Waals surface area contributed by atoms with E-state index in [0.29, 0.717) is 0 Å². The first-order chi connectivity index (χ1) is 9.10. The first kappa shape index (κ1) is 16.5. The Labute approximate surface area is 125 Å². The van der Waals surface area contributed by atoms with Crippen LogP contribution in [-0.4, -0.2) is 18.8 Å². The fourth-order valence-corrected chi connectivity index (χ4v) is 2.79. The van der Waals surface area contributed by atoms with Crippen LogP contribution in [0.5, 0.6) is 5.75 Å². The van der Waals surface area contributed by atoms with Crippen molar-refractivity contribution in [2.24, 2.45) is 5.41 Å². The molecule has 0 amide bonds. The summed E-state index contributed by atoms with van der Waals surface area (Å²) in [5.41, 5.74) is 1.21. The predicted molar refractivity (Wildman–Crippen MR) is 83.7 cm³/mol. The number of hydrogen-bond donors (Lipinski definition) is 1. The predicted octanol–water partition coefficient (Wildman–Crippen LogP) is 4.58. The van der Waals surface area contributed by atoms with Crippen LogP contribution in [0.2, 0.25) is 0 Å². The highest BCUT2D eigenvalue weighted by Crippen LogP contribution is 2.36. The zero-order chi connectivity index (χ0) is 14.3. The lowest BCUT2D eigenvalue weighted by Gasteiger charge is -2.31. The smallest absolute Gasteiger partial charge is 0.119 e. The molecule has 108 valence electrons. The second-order valence-electron chi connectivity index (χ2n) is 5.25. The van der Waals surface area contributed by atoms with Crippen molar-refractivity contribution < 1.29 is 9.84 Å². The average Bonchev–Trinajstić information content (AvgIpc) is 2.45. The molecule has 0 bridgehead atoms. The van der Waals surface area contributed by atoms with Crippen LogP contribution in [0.1, 0.15) is 45.1 Å². The lowest BCUT2D eigenvalue weighted by molar-refractivity contribution is 0.107. The van der Waals surface area contributed by atoms with Crippen molar-refractivity contribution in [1.82, 2.24) is 0 Å². The van der Waals surface area contributed by atoms with E-state index in [1.807, 2.05) is 12.1 Å². The molecule has 2 nitrogen and oxygen atoms in total. The maximum atomic E-state index is 9.84. The normalized spacial score (nSPS) is 14.2. The van der Waals surface area contributed by atoms with E-state index in [1.54, 1.807) is 7.11 Å². The summed E-state index contributed by atoms with van der Waals surface area (Å²) in [6.07, 6.45) is 5.28. The van der Waals surface area contributed by atoms with Crippen LogP contribution in [0, 0.1) is 5.41 Å². The first-order valence-electron chi connectivity index (χ1n) is 7.04. The summed E-state index contributed by atoms with van der Waals surface area (Å²) < 4.78 is 6.38. The van der Waals surface area contributed by atoms with E-state index in [-0.39, 0.29) is 12.0 Å². The van der Waals surface area contributed by atoms with Gasteiger partial charge in [-0.2, -0.15) is 0 Å². The molecule has 0 heterocycles. The number of ether oxygens (including phenoxy) is 1. The highest BCUT2D eigenvalue weighted by Gasteiger charge is 2.28. The van der Waals surface area contributed by atoms with Crippen LogP contribution in [0.15, 0.2) is 22.7 Å². The van der Waals surface area contributed by atoms with Gasteiger partial charge in [0.05, 0.1) is 7.11 Å². The van der Waals surface area contributed by atoms with Crippen LogP contribution in [-0.2, 0) is 6.42 Å². The minimum absolute atomic E-state index is 0.00903. The van der Waals surface area contributed by atoms with Gasteiger partial charge in [-0.25, -0.2) is 0 Å². The standard InChI is InChI=1S/C16H25BrO2/c1-4-6-9-16(5-2,12-18)11-13-10-14(19-3)7-8-15(13)17/h7-8,10,18H,4-6,9,11-12H2,1-3H3. The zero-order valence-electron chi connectivity index (χ0n) is 12.2. The number of aliphatic hydroxyl groups is 1. The Bertz CT molecular complexity index is 386. The number of halogens is 1. The third-order valence-electron chi connectivity index (χ3n) is 3.96. The van der Waals surface area contributed by atoms with Crippen molar-refractivity contribution in [3.8, 4) is 5.75 Å². The fraction of sp³-hybridized carbons (Fsp3) is 0.625. The number of unbranched alkanes of at least 4 members (excludes halogenated alkanes) is 1. The molecule has 1 rings (SSSR count). The Kier molecular flexibility index (Phi) is 6.87. The topological polar surface area (TPSA) is 29.5 Å². The van der Waals surface area contributed by atoms with Crippen LogP contribution in [0.25, 0.3) is 0 Å². The second kappa shape index (κ2) is 7.91. The Morgan fingerprint density at radius 3 is 2.58 bits per heavy atom. The van der Waals surface area contributed by atoms with Gasteiger partial charge in [0.15, 0.2) is 0 Å². The minimum atomic E-state index is -0.00903. The summed E-state index contributed by atoms with van der Waals surface area (Å²) in [5, 5.41) is 9.84. The molecule has 0 spiro atoms. The van der Waals surface area contributed by atoms with Crippen LogP contribution in [0.3, 0.4) is 0 Å². The molecular weight excluding hydrogens is 304 g/mol. The van der Waals surface area contributed by atoms with E-state index in [1.165, 1.54) is 12.0 Å². The number of methoxy groups -OCH3 is 1. The fourth-order valence-electron chi connectivity index (χ4n) is 2.41. The van der Waals surface area contributed by atoms with Gasteiger partial charge in [0.2, 0.25) is 0 Å². The molecular formula is C16H25BrO2. The van der Waals surface area contributed by atoms with Crippen molar-refractivity contribution >= 4 is 15.9 Å². The van der Waals surface area contributed by atoms with Gasteiger partial charge in [-0.1, -0.05) is 42.6 Å².